The van der Waals surface area contributed by atoms with Gasteiger partial charge in [-0.3, -0.25) is 9.59 Å². The summed E-state index contributed by atoms with van der Waals surface area (Å²) in [5.74, 6) is -0.243. The monoisotopic (exact) mass is 487 g/mol. The number of carbonyl (C=O) groups excluding carboxylic acids is 2. The van der Waals surface area contributed by atoms with Crippen molar-refractivity contribution >= 4 is 58.0 Å². The first-order valence-electron chi connectivity index (χ1n) is 10.1. The molecular weight excluding hydrogens is 469 g/mol. The van der Waals surface area contributed by atoms with Gasteiger partial charge in [-0.25, -0.2) is 0 Å². The van der Waals surface area contributed by atoms with Gasteiger partial charge in [-0.05, 0) is 66.7 Å². The van der Waals surface area contributed by atoms with E-state index in [0.29, 0.717) is 45.0 Å². The summed E-state index contributed by atoms with van der Waals surface area (Å²) in [6.07, 6.45) is 0. The van der Waals surface area contributed by atoms with Gasteiger partial charge in [-0.15, -0.1) is 0 Å². The summed E-state index contributed by atoms with van der Waals surface area (Å²) < 4.78 is 0. The van der Waals surface area contributed by atoms with Crippen molar-refractivity contribution in [1.82, 2.24) is 4.90 Å². The summed E-state index contributed by atoms with van der Waals surface area (Å²) >= 11 is 17.8. The lowest BCUT2D eigenvalue weighted by Crippen LogP contribution is -2.48. The lowest BCUT2D eigenvalue weighted by molar-refractivity contribution is 0.0746. The molecule has 0 aliphatic carbocycles. The Morgan fingerprint density at radius 1 is 0.719 bits per heavy atom. The first-order valence-corrected chi connectivity index (χ1v) is 11.2. The van der Waals surface area contributed by atoms with E-state index in [1.807, 2.05) is 29.2 Å². The van der Waals surface area contributed by atoms with E-state index in [9.17, 15) is 9.59 Å². The number of anilines is 2. The molecule has 2 amide bonds. The molecule has 0 aromatic heterocycles. The Bertz CT molecular complexity index is 1130. The van der Waals surface area contributed by atoms with Crippen LogP contribution in [0.15, 0.2) is 66.7 Å². The molecule has 0 radical (unpaired) electrons. The van der Waals surface area contributed by atoms with E-state index in [0.717, 1.165) is 18.8 Å². The summed E-state index contributed by atoms with van der Waals surface area (Å²) in [4.78, 5) is 29.2. The Hall–Kier alpha value is -2.73. The predicted molar refractivity (Wildman–Crippen MR) is 130 cm³/mol. The Morgan fingerprint density at radius 3 is 1.97 bits per heavy atom. The summed E-state index contributed by atoms with van der Waals surface area (Å²) in [6, 6.07) is 19.4. The van der Waals surface area contributed by atoms with Gasteiger partial charge in [0.15, 0.2) is 0 Å². The molecule has 1 aliphatic rings. The number of hydrogen-bond acceptors (Lipinski definition) is 3. The maximum Gasteiger partial charge on any atom is 0.255 e. The average molecular weight is 489 g/mol. The summed E-state index contributed by atoms with van der Waals surface area (Å²) in [5.41, 5.74) is 2.80. The van der Waals surface area contributed by atoms with Gasteiger partial charge in [0.1, 0.15) is 0 Å². The third-order valence-electron chi connectivity index (χ3n) is 5.33. The fourth-order valence-corrected chi connectivity index (χ4v) is 3.96. The number of hydrogen-bond donors (Lipinski definition) is 1. The molecule has 32 heavy (non-hydrogen) atoms. The maximum absolute atomic E-state index is 12.7. The number of nitrogens with zero attached hydrogens (tertiary/aromatic N) is 2. The molecule has 3 aromatic rings. The summed E-state index contributed by atoms with van der Waals surface area (Å²) in [7, 11) is 0. The van der Waals surface area contributed by atoms with Crippen LogP contribution in [0, 0.1) is 0 Å². The summed E-state index contributed by atoms with van der Waals surface area (Å²) in [5, 5.41) is 4.21. The van der Waals surface area contributed by atoms with Crippen LogP contribution in [0.25, 0.3) is 0 Å². The van der Waals surface area contributed by atoms with Crippen molar-refractivity contribution in [2.75, 3.05) is 36.4 Å². The van der Waals surface area contributed by atoms with E-state index in [-0.39, 0.29) is 11.8 Å². The van der Waals surface area contributed by atoms with Gasteiger partial charge in [0.2, 0.25) is 0 Å². The van der Waals surface area contributed by atoms with Crippen molar-refractivity contribution in [2.45, 2.75) is 0 Å². The zero-order chi connectivity index (χ0) is 22.7. The molecule has 1 N–H and O–H groups in total. The molecule has 1 fully saturated rings. The van der Waals surface area contributed by atoms with E-state index in [1.54, 1.807) is 42.5 Å². The van der Waals surface area contributed by atoms with Crippen molar-refractivity contribution < 1.29 is 9.59 Å². The minimum absolute atomic E-state index is 0.0154. The van der Waals surface area contributed by atoms with Crippen LogP contribution in [0.4, 0.5) is 11.4 Å². The third kappa shape index (κ3) is 5.18. The second-order valence-corrected chi connectivity index (χ2v) is 8.67. The van der Waals surface area contributed by atoms with Gasteiger partial charge >= 0.3 is 0 Å². The lowest BCUT2D eigenvalue weighted by Gasteiger charge is -2.36. The highest BCUT2D eigenvalue weighted by atomic mass is 35.5. The van der Waals surface area contributed by atoms with Gasteiger partial charge in [0.05, 0.1) is 10.0 Å². The van der Waals surface area contributed by atoms with Gasteiger partial charge < -0.3 is 15.1 Å². The first-order chi connectivity index (χ1) is 15.4. The number of piperazine rings is 1. The van der Waals surface area contributed by atoms with E-state index < -0.39 is 0 Å². The Kier molecular flexibility index (Phi) is 6.89. The highest BCUT2D eigenvalue weighted by Gasteiger charge is 2.22. The van der Waals surface area contributed by atoms with E-state index in [4.69, 9.17) is 34.8 Å². The molecule has 1 aliphatic heterocycles. The molecule has 0 spiro atoms. The van der Waals surface area contributed by atoms with Gasteiger partial charge in [0.25, 0.3) is 11.8 Å². The fourth-order valence-electron chi connectivity index (χ4n) is 3.54. The third-order valence-corrected chi connectivity index (χ3v) is 6.32. The molecule has 0 unspecified atom stereocenters. The van der Waals surface area contributed by atoms with Gasteiger partial charge in [-0.1, -0.05) is 34.8 Å². The van der Waals surface area contributed by atoms with Crippen molar-refractivity contribution in [1.29, 1.82) is 0 Å². The number of rotatable bonds is 4. The van der Waals surface area contributed by atoms with Crippen LogP contribution >= 0.6 is 34.8 Å². The molecule has 3 aromatic carbocycles. The SMILES string of the molecule is O=C(Nc1ccc(N2CCN(C(=O)c3ccc(Cl)cc3)CC2)cc1)c1ccc(Cl)c(Cl)c1. The second-order valence-electron chi connectivity index (χ2n) is 7.42. The predicted octanol–water partition coefficient (Wildman–Crippen LogP) is 5.86. The van der Waals surface area contributed by atoms with Crippen LogP contribution in [0.1, 0.15) is 20.7 Å². The maximum atomic E-state index is 12.7. The van der Waals surface area contributed by atoms with Crippen molar-refractivity contribution in [3.05, 3.63) is 92.9 Å². The minimum atomic E-state index is -0.259. The number of carbonyl (C=O) groups is 2. The molecule has 0 atom stereocenters. The molecule has 1 heterocycles. The Labute approximate surface area is 201 Å². The first kappa shape index (κ1) is 22.5. The van der Waals surface area contributed by atoms with E-state index in [1.165, 1.54) is 0 Å². The number of benzene rings is 3. The summed E-state index contributed by atoms with van der Waals surface area (Å²) in [6.45, 7) is 2.73. The minimum Gasteiger partial charge on any atom is -0.368 e. The molecule has 164 valence electrons. The van der Waals surface area contributed by atoms with E-state index in [2.05, 4.69) is 10.2 Å². The molecular formula is C24H20Cl3N3O2. The molecule has 8 heteroatoms. The van der Waals surface area contributed by atoms with Crippen molar-refractivity contribution in [3.63, 3.8) is 0 Å². The normalized spacial score (nSPS) is 13.7. The van der Waals surface area contributed by atoms with Crippen LogP contribution < -0.4 is 10.2 Å². The number of amides is 2. The molecule has 0 saturated carbocycles. The molecule has 5 nitrogen and oxygen atoms in total. The lowest BCUT2D eigenvalue weighted by atomic mass is 10.1. The molecule has 0 bridgehead atoms. The number of nitrogens with one attached hydrogen (secondary N) is 1. The second kappa shape index (κ2) is 9.82. The fraction of sp³-hybridized carbons (Fsp3) is 0.167. The van der Waals surface area contributed by atoms with Crippen molar-refractivity contribution in [3.8, 4) is 0 Å². The average Bonchev–Trinajstić information content (AvgIpc) is 2.81. The zero-order valence-corrected chi connectivity index (χ0v) is 19.3. The van der Waals surface area contributed by atoms with Crippen LogP contribution in [0.2, 0.25) is 15.1 Å². The smallest absolute Gasteiger partial charge is 0.255 e. The van der Waals surface area contributed by atoms with Gasteiger partial charge in [0, 0.05) is 53.7 Å². The largest absolute Gasteiger partial charge is 0.368 e. The zero-order valence-electron chi connectivity index (χ0n) is 17.0. The molecule has 1 saturated heterocycles. The Balaban J connectivity index is 1.33. The van der Waals surface area contributed by atoms with Crippen LogP contribution in [0.3, 0.4) is 0 Å². The van der Waals surface area contributed by atoms with Crippen molar-refractivity contribution in [2.24, 2.45) is 0 Å². The quantitative estimate of drug-likeness (QED) is 0.500. The highest BCUT2D eigenvalue weighted by molar-refractivity contribution is 6.42. The van der Waals surface area contributed by atoms with E-state index >= 15 is 0 Å². The van der Waals surface area contributed by atoms with Crippen LogP contribution in [-0.2, 0) is 0 Å². The molecule has 4 rings (SSSR count). The van der Waals surface area contributed by atoms with Crippen LogP contribution in [-0.4, -0.2) is 42.9 Å². The topological polar surface area (TPSA) is 52.7 Å². The number of halogens is 3. The van der Waals surface area contributed by atoms with Gasteiger partial charge in [-0.2, -0.15) is 0 Å². The Morgan fingerprint density at radius 2 is 1.34 bits per heavy atom. The standard InChI is InChI=1S/C24H20Cl3N3O2/c25-18-4-1-16(2-5-18)24(32)30-13-11-29(12-14-30)20-8-6-19(7-9-20)28-23(31)17-3-10-21(26)22(27)15-17/h1-10,15H,11-14H2,(H,28,31). The highest BCUT2D eigenvalue weighted by Crippen LogP contribution is 2.24. The van der Waals surface area contributed by atoms with Crippen LogP contribution in [0.5, 0.6) is 0 Å².